The van der Waals surface area contributed by atoms with Gasteiger partial charge in [-0.3, -0.25) is 4.84 Å². The first-order valence-corrected chi connectivity index (χ1v) is 4.72. The summed E-state index contributed by atoms with van der Waals surface area (Å²) in [4.78, 5) is 25.5. The lowest BCUT2D eigenvalue weighted by Crippen LogP contribution is -2.30. The van der Waals surface area contributed by atoms with Gasteiger partial charge in [-0.05, 0) is 18.2 Å². The number of hydrogen-bond donors (Lipinski definition) is 3. The number of hydrogen-bond acceptors (Lipinski definition) is 3. The molecule has 0 saturated carbocycles. The van der Waals surface area contributed by atoms with E-state index in [2.05, 4.69) is 10.2 Å². The summed E-state index contributed by atoms with van der Waals surface area (Å²) in [7, 11) is 0. The van der Waals surface area contributed by atoms with Gasteiger partial charge in [0.15, 0.2) is 6.61 Å². The highest BCUT2D eigenvalue weighted by atomic mass is 35.5. The molecular formula is C9H8ClFN2O4. The average Bonchev–Trinajstić information content (AvgIpc) is 2.14. The van der Waals surface area contributed by atoms with Gasteiger partial charge in [-0.15, -0.1) is 0 Å². The minimum absolute atomic E-state index is 0.117. The van der Waals surface area contributed by atoms with E-state index in [4.69, 9.17) is 16.7 Å². The van der Waals surface area contributed by atoms with Crippen LogP contribution in [0.15, 0.2) is 18.2 Å². The smallest absolute Gasteiger partial charge is 0.343 e. The number of carboxylic acids is 1. The highest BCUT2D eigenvalue weighted by molar-refractivity contribution is 6.30. The predicted octanol–water partition coefficient (Wildman–Crippen LogP) is 1.62. The van der Waals surface area contributed by atoms with E-state index >= 15 is 0 Å². The van der Waals surface area contributed by atoms with Gasteiger partial charge in [0.2, 0.25) is 0 Å². The van der Waals surface area contributed by atoms with Crippen LogP contribution in [0.1, 0.15) is 0 Å². The van der Waals surface area contributed by atoms with Crippen molar-refractivity contribution < 1.29 is 23.9 Å². The maximum Gasteiger partial charge on any atom is 0.343 e. The molecule has 1 rings (SSSR count). The number of halogens is 2. The average molecular weight is 263 g/mol. The van der Waals surface area contributed by atoms with E-state index in [1.54, 1.807) is 5.48 Å². The zero-order chi connectivity index (χ0) is 12.8. The lowest BCUT2D eigenvalue weighted by atomic mass is 10.3. The third-order valence-electron chi connectivity index (χ3n) is 1.48. The molecule has 1 aromatic rings. The lowest BCUT2D eigenvalue weighted by molar-refractivity contribution is -0.143. The van der Waals surface area contributed by atoms with Crippen LogP contribution in [0.5, 0.6) is 0 Å². The molecule has 0 aliphatic rings. The van der Waals surface area contributed by atoms with Gasteiger partial charge in [-0.2, -0.15) is 0 Å². The Kier molecular flexibility index (Phi) is 4.68. The molecular weight excluding hydrogens is 255 g/mol. The molecule has 17 heavy (non-hydrogen) atoms. The van der Waals surface area contributed by atoms with Crippen molar-refractivity contribution in [1.82, 2.24) is 5.48 Å². The molecule has 0 radical (unpaired) electrons. The molecule has 0 unspecified atom stereocenters. The SMILES string of the molecule is O=C(O)CONC(=O)Nc1cc(F)cc(Cl)c1. The van der Waals surface area contributed by atoms with Gasteiger partial charge in [0, 0.05) is 10.7 Å². The Labute approximate surface area is 100 Å². The van der Waals surface area contributed by atoms with E-state index in [-0.39, 0.29) is 10.7 Å². The molecule has 0 atom stereocenters. The Morgan fingerprint density at radius 2 is 2.12 bits per heavy atom. The number of aliphatic carboxylic acids is 1. The van der Waals surface area contributed by atoms with Crippen molar-refractivity contribution in [2.45, 2.75) is 0 Å². The third kappa shape index (κ3) is 5.14. The second-order valence-corrected chi connectivity index (χ2v) is 3.33. The summed E-state index contributed by atoms with van der Waals surface area (Å²) in [5.74, 6) is -1.85. The summed E-state index contributed by atoms with van der Waals surface area (Å²) in [6, 6.07) is 2.60. The highest BCUT2D eigenvalue weighted by Gasteiger charge is 2.05. The minimum Gasteiger partial charge on any atom is -0.479 e. The lowest BCUT2D eigenvalue weighted by Gasteiger charge is -2.06. The van der Waals surface area contributed by atoms with Crippen LogP contribution < -0.4 is 10.8 Å². The zero-order valence-corrected chi connectivity index (χ0v) is 9.12. The number of amides is 2. The molecule has 2 amide bonds. The Balaban J connectivity index is 2.47. The van der Waals surface area contributed by atoms with Crippen LogP contribution in [-0.4, -0.2) is 23.7 Å². The van der Waals surface area contributed by atoms with Gasteiger partial charge < -0.3 is 10.4 Å². The first-order chi connectivity index (χ1) is 7.97. The monoisotopic (exact) mass is 262 g/mol. The summed E-state index contributed by atoms with van der Waals surface area (Å²) in [5, 5.41) is 10.5. The fraction of sp³-hybridized carbons (Fsp3) is 0.111. The molecule has 0 spiro atoms. The van der Waals surface area contributed by atoms with Gasteiger partial charge >= 0.3 is 12.0 Å². The van der Waals surface area contributed by atoms with Gasteiger partial charge in [0.25, 0.3) is 0 Å². The maximum absolute atomic E-state index is 12.9. The van der Waals surface area contributed by atoms with E-state index in [0.29, 0.717) is 0 Å². The molecule has 0 fully saturated rings. The third-order valence-corrected chi connectivity index (χ3v) is 1.70. The quantitative estimate of drug-likeness (QED) is 0.720. The molecule has 0 heterocycles. The molecule has 0 aromatic heterocycles. The maximum atomic E-state index is 12.9. The first kappa shape index (κ1) is 13.2. The predicted molar refractivity (Wildman–Crippen MR) is 57.2 cm³/mol. The van der Waals surface area contributed by atoms with E-state index in [1.807, 2.05) is 0 Å². The molecule has 0 bridgehead atoms. The highest BCUT2D eigenvalue weighted by Crippen LogP contribution is 2.17. The summed E-state index contributed by atoms with van der Waals surface area (Å²) in [6.45, 7) is -0.683. The van der Waals surface area contributed by atoms with Crippen LogP contribution in [0.25, 0.3) is 0 Å². The van der Waals surface area contributed by atoms with E-state index in [9.17, 15) is 14.0 Å². The summed E-state index contributed by atoms with van der Waals surface area (Å²) in [6.07, 6.45) is 0. The Morgan fingerprint density at radius 1 is 1.41 bits per heavy atom. The van der Waals surface area contributed by atoms with E-state index in [1.165, 1.54) is 6.07 Å². The second kappa shape index (κ2) is 6.02. The van der Waals surface area contributed by atoms with Crippen molar-refractivity contribution >= 4 is 29.3 Å². The normalized spacial score (nSPS) is 9.76. The number of carbonyl (C=O) groups excluding carboxylic acids is 1. The van der Waals surface area contributed by atoms with Crippen molar-refractivity contribution in [3.05, 3.63) is 29.0 Å². The molecule has 3 N–H and O–H groups in total. The number of benzene rings is 1. The zero-order valence-electron chi connectivity index (χ0n) is 8.37. The van der Waals surface area contributed by atoms with Crippen molar-refractivity contribution in [3.63, 3.8) is 0 Å². The second-order valence-electron chi connectivity index (χ2n) is 2.90. The van der Waals surface area contributed by atoms with Gasteiger partial charge in [0.05, 0.1) is 0 Å². The number of hydroxylamine groups is 1. The van der Waals surface area contributed by atoms with Crippen LogP contribution in [0, 0.1) is 5.82 Å². The van der Waals surface area contributed by atoms with Crippen molar-refractivity contribution in [1.29, 1.82) is 0 Å². The summed E-state index contributed by atoms with van der Waals surface area (Å²) >= 11 is 5.56. The fourth-order valence-electron chi connectivity index (χ4n) is 0.946. The van der Waals surface area contributed by atoms with Crippen LogP contribution in [-0.2, 0) is 9.63 Å². The van der Waals surface area contributed by atoms with Crippen LogP contribution >= 0.6 is 11.6 Å². The minimum atomic E-state index is -1.24. The molecule has 8 heteroatoms. The number of nitrogens with one attached hydrogen (secondary N) is 2. The molecule has 1 aromatic carbocycles. The number of carboxylic acid groups (broad SMARTS) is 1. The molecule has 0 aliphatic heterocycles. The Morgan fingerprint density at radius 3 is 2.71 bits per heavy atom. The van der Waals surface area contributed by atoms with Crippen molar-refractivity contribution in [2.75, 3.05) is 11.9 Å². The fourth-order valence-corrected chi connectivity index (χ4v) is 1.17. The molecule has 0 saturated heterocycles. The van der Waals surface area contributed by atoms with Crippen LogP contribution in [0.2, 0.25) is 5.02 Å². The standard InChI is InChI=1S/C9H8ClFN2O4/c10-5-1-6(11)3-7(2-5)12-9(16)13-17-4-8(14)15/h1-3H,4H2,(H,14,15)(H2,12,13,16). The van der Waals surface area contributed by atoms with Crippen LogP contribution in [0.3, 0.4) is 0 Å². The number of urea groups is 1. The number of anilines is 1. The van der Waals surface area contributed by atoms with Gasteiger partial charge in [0.1, 0.15) is 5.82 Å². The largest absolute Gasteiger partial charge is 0.479 e. The number of carbonyl (C=O) groups is 2. The van der Waals surface area contributed by atoms with Crippen molar-refractivity contribution in [2.24, 2.45) is 0 Å². The van der Waals surface area contributed by atoms with Crippen molar-refractivity contribution in [3.8, 4) is 0 Å². The Bertz CT molecular complexity index is 421. The summed E-state index contributed by atoms with van der Waals surface area (Å²) < 4.78 is 12.9. The number of rotatable bonds is 4. The molecule has 6 nitrogen and oxygen atoms in total. The van der Waals surface area contributed by atoms with Gasteiger partial charge in [-0.1, -0.05) is 11.6 Å². The van der Waals surface area contributed by atoms with E-state index in [0.717, 1.165) is 12.1 Å². The van der Waals surface area contributed by atoms with Crippen LogP contribution in [0.4, 0.5) is 14.9 Å². The van der Waals surface area contributed by atoms with E-state index < -0.39 is 24.4 Å². The summed E-state index contributed by atoms with van der Waals surface area (Å²) in [5.41, 5.74) is 1.92. The first-order valence-electron chi connectivity index (χ1n) is 4.34. The topological polar surface area (TPSA) is 87.7 Å². The molecule has 0 aliphatic carbocycles. The van der Waals surface area contributed by atoms with Gasteiger partial charge in [-0.25, -0.2) is 19.5 Å². The molecule has 92 valence electrons. The Hall–Kier alpha value is -1.86.